The van der Waals surface area contributed by atoms with Gasteiger partial charge < -0.3 is 20.8 Å². The molecule has 0 aliphatic rings. The van der Waals surface area contributed by atoms with Crippen LogP contribution in [0.15, 0.2) is 0 Å². The Bertz CT molecular complexity index is 290. The summed E-state index contributed by atoms with van der Waals surface area (Å²) in [5.41, 5.74) is 0. The molecular weight excluding hydrogens is 280 g/mol. The van der Waals surface area contributed by atoms with Crippen molar-refractivity contribution in [3.8, 4) is 0 Å². The number of carboxylic acids is 1. The van der Waals surface area contributed by atoms with E-state index in [1.165, 1.54) is 0 Å². The average molecular weight is 306 g/mol. The third kappa shape index (κ3) is 8.39. The number of hydrogen-bond donors (Lipinski definition) is 4. The van der Waals surface area contributed by atoms with E-state index < -0.39 is 24.7 Å². The van der Waals surface area contributed by atoms with Crippen LogP contribution in [0.25, 0.3) is 0 Å². The summed E-state index contributed by atoms with van der Waals surface area (Å²) < 4.78 is 0. The highest BCUT2D eigenvalue weighted by molar-refractivity contribution is 7.98. The molecule has 0 aliphatic carbocycles. The number of carboxylic acid groups (broad SMARTS) is 1. The first kappa shape index (κ1) is 19.2. The molecule has 118 valence electrons. The smallest absolute Gasteiger partial charge is 0.328 e. The van der Waals surface area contributed by atoms with E-state index in [1.54, 1.807) is 11.8 Å². The summed E-state index contributed by atoms with van der Waals surface area (Å²) in [5.74, 6) is -0.775. The minimum atomic E-state index is -1.24. The van der Waals surface area contributed by atoms with Crippen LogP contribution < -0.4 is 10.6 Å². The van der Waals surface area contributed by atoms with Crippen molar-refractivity contribution in [1.82, 2.24) is 10.6 Å². The Morgan fingerprint density at radius 3 is 2.45 bits per heavy atom. The van der Waals surface area contributed by atoms with Crippen LogP contribution in [0.5, 0.6) is 0 Å². The second-order valence-electron chi connectivity index (χ2n) is 4.58. The highest BCUT2D eigenvalue weighted by atomic mass is 32.2. The molecule has 0 spiro atoms. The highest BCUT2D eigenvalue weighted by Gasteiger charge is 2.24. The number of carbonyl (C=O) groups excluding carboxylic acids is 1. The summed E-state index contributed by atoms with van der Waals surface area (Å²) in [6.07, 6.45) is 5.78. The van der Waals surface area contributed by atoms with Crippen molar-refractivity contribution in [2.45, 2.75) is 44.7 Å². The topological polar surface area (TPSA) is 98.7 Å². The molecule has 2 unspecified atom stereocenters. The lowest BCUT2D eigenvalue weighted by Crippen LogP contribution is -2.51. The lowest BCUT2D eigenvalue weighted by atomic mass is 10.1. The van der Waals surface area contributed by atoms with E-state index in [4.69, 9.17) is 10.2 Å². The van der Waals surface area contributed by atoms with Gasteiger partial charge in [0.05, 0.1) is 12.6 Å². The van der Waals surface area contributed by atoms with Crippen LogP contribution in [-0.4, -0.2) is 59.3 Å². The fourth-order valence-electron chi connectivity index (χ4n) is 1.67. The molecule has 20 heavy (non-hydrogen) atoms. The molecule has 2 atom stereocenters. The van der Waals surface area contributed by atoms with Gasteiger partial charge in [0.25, 0.3) is 0 Å². The zero-order valence-corrected chi connectivity index (χ0v) is 13.0. The van der Waals surface area contributed by atoms with Crippen molar-refractivity contribution in [2.24, 2.45) is 0 Å². The van der Waals surface area contributed by atoms with Crippen LogP contribution in [0.3, 0.4) is 0 Å². The average Bonchev–Trinajstić information content (AvgIpc) is 2.43. The third-order valence-electron chi connectivity index (χ3n) is 2.90. The number of hydrogen-bond acceptors (Lipinski definition) is 5. The van der Waals surface area contributed by atoms with Crippen LogP contribution in [0, 0.1) is 0 Å². The van der Waals surface area contributed by atoms with E-state index in [2.05, 4.69) is 17.6 Å². The Balaban J connectivity index is 4.34. The largest absolute Gasteiger partial charge is 0.480 e. The Hall–Kier alpha value is -0.790. The van der Waals surface area contributed by atoms with Gasteiger partial charge in [-0.25, -0.2) is 4.79 Å². The van der Waals surface area contributed by atoms with Crippen LogP contribution in [0.2, 0.25) is 0 Å². The van der Waals surface area contributed by atoms with Crippen LogP contribution in [0.1, 0.15) is 32.6 Å². The third-order valence-corrected chi connectivity index (χ3v) is 3.54. The van der Waals surface area contributed by atoms with Gasteiger partial charge in [-0.3, -0.25) is 4.79 Å². The molecule has 0 radical (unpaired) electrons. The molecule has 0 saturated carbocycles. The second-order valence-corrected chi connectivity index (χ2v) is 5.56. The summed E-state index contributed by atoms with van der Waals surface area (Å²) >= 11 is 1.64. The maximum Gasteiger partial charge on any atom is 0.328 e. The van der Waals surface area contributed by atoms with Gasteiger partial charge in [-0.15, -0.1) is 0 Å². The minimum Gasteiger partial charge on any atom is -0.480 e. The predicted octanol–water partition coefficient (Wildman–Crippen LogP) is 0.450. The predicted molar refractivity (Wildman–Crippen MR) is 81.0 cm³/mol. The van der Waals surface area contributed by atoms with Gasteiger partial charge in [-0.05, 0) is 31.4 Å². The number of unbranched alkanes of at least 4 members (excludes halogenated alkanes) is 2. The van der Waals surface area contributed by atoms with E-state index in [1.807, 2.05) is 6.26 Å². The van der Waals surface area contributed by atoms with Gasteiger partial charge in [0.1, 0.15) is 6.04 Å². The first-order chi connectivity index (χ1) is 9.56. The molecular formula is C13H26N2O4S. The van der Waals surface area contributed by atoms with E-state index in [9.17, 15) is 9.59 Å². The standard InChI is InChI=1S/C13H26N2O4S/c1-3-4-5-7-14-10(6-8-20-2)12(17)15-11(9-16)13(18)19/h10-11,14,16H,3-9H2,1-2H3,(H,15,17)(H,18,19). The summed E-state index contributed by atoms with van der Waals surface area (Å²) in [6.45, 7) is 2.24. The van der Waals surface area contributed by atoms with E-state index in [-0.39, 0.29) is 5.91 Å². The van der Waals surface area contributed by atoms with Crippen molar-refractivity contribution >= 4 is 23.6 Å². The molecule has 0 aliphatic heterocycles. The molecule has 0 heterocycles. The molecule has 4 N–H and O–H groups in total. The Morgan fingerprint density at radius 1 is 1.25 bits per heavy atom. The van der Waals surface area contributed by atoms with Gasteiger partial charge in [-0.2, -0.15) is 11.8 Å². The monoisotopic (exact) mass is 306 g/mol. The van der Waals surface area contributed by atoms with Crippen LogP contribution in [0.4, 0.5) is 0 Å². The highest BCUT2D eigenvalue weighted by Crippen LogP contribution is 2.02. The summed E-state index contributed by atoms with van der Waals surface area (Å²) in [4.78, 5) is 22.8. The normalized spacial score (nSPS) is 13.8. The van der Waals surface area contributed by atoms with E-state index >= 15 is 0 Å². The van der Waals surface area contributed by atoms with Gasteiger partial charge in [0, 0.05) is 0 Å². The zero-order chi connectivity index (χ0) is 15.4. The summed E-state index contributed by atoms with van der Waals surface area (Å²) in [7, 11) is 0. The number of carbonyl (C=O) groups is 2. The first-order valence-corrected chi connectivity index (χ1v) is 8.32. The van der Waals surface area contributed by atoms with Crippen molar-refractivity contribution in [3.05, 3.63) is 0 Å². The van der Waals surface area contributed by atoms with Crippen molar-refractivity contribution in [1.29, 1.82) is 0 Å². The quantitative estimate of drug-likeness (QED) is 0.391. The van der Waals surface area contributed by atoms with Gasteiger partial charge in [0.15, 0.2) is 0 Å². The first-order valence-electron chi connectivity index (χ1n) is 6.93. The maximum absolute atomic E-state index is 12.0. The number of thioether (sulfide) groups is 1. The van der Waals surface area contributed by atoms with Crippen LogP contribution >= 0.6 is 11.8 Å². The van der Waals surface area contributed by atoms with Crippen molar-refractivity contribution < 1.29 is 19.8 Å². The Labute approximate surface area is 124 Å². The van der Waals surface area contributed by atoms with Crippen molar-refractivity contribution in [2.75, 3.05) is 25.2 Å². The molecule has 0 rings (SSSR count). The minimum absolute atomic E-state index is 0.364. The number of nitrogens with one attached hydrogen (secondary N) is 2. The molecule has 6 nitrogen and oxygen atoms in total. The SMILES string of the molecule is CCCCCNC(CCSC)C(=O)NC(CO)C(=O)O. The maximum atomic E-state index is 12.0. The summed E-state index contributed by atoms with van der Waals surface area (Å²) in [5, 5.41) is 23.3. The Morgan fingerprint density at radius 2 is 1.95 bits per heavy atom. The number of aliphatic hydroxyl groups is 1. The fraction of sp³-hybridized carbons (Fsp3) is 0.846. The van der Waals surface area contributed by atoms with Gasteiger partial charge in [-0.1, -0.05) is 19.8 Å². The molecule has 0 aromatic carbocycles. The molecule has 1 amide bonds. The molecule has 0 aromatic rings. The lowest BCUT2D eigenvalue weighted by molar-refractivity contribution is -0.143. The molecule has 0 bridgehead atoms. The molecule has 0 fully saturated rings. The zero-order valence-electron chi connectivity index (χ0n) is 12.2. The van der Waals surface area contributed by atoms with Crippen molar-refractivity contribution in [3.63, 3.8) is 0 Å². The Kier molecular flexibility index (Phi) is 11.5. The molecule has 0 aromatic heterocycles. The fourth-order valence-corrected chi connectivity index (χ4v) is 2.14. The van der Waals surface area contributed by atoms with Crippen LogP contribution in [-0.2, 0) is 9.59 Å². The number of amides is 1. The number of aliphatic carboxylic acids is 1. The van der Waals surface area contributed by atoms with Gasteiger partial charge in [0.2, 0.25) is 5.91 Å². The summed E-state index contributed by atoms with van der Waals surface area (Å²) in [6, 6.07) is -1.65. The van der Waals surface area contributed by atoms with E-state index in [0.717, 1.165) is 31.6 Å². The molecule has 0 saturated heterocycles. The second kappa shape index (κ2) is 12.0. The number of aliphatic hydroxyl groups excluding tert-OH is 1. The van der Waals surface area contributed by atoms with E-state index in [0.29, 0.717) is 6.42 Å². The lowest BCUT2D eigenvalue weighted by Gasteiger charge is -2.20. The molecule has 7 heteroatoms. The van der Waals surface area contributed by atoms with Gasteiger partial charge >= 0.3 is 5.97 Å². The number of rotatable bonds is 12.